The summed E-state index contributed by atoms with van der Waals surface area (Å²) in [6, 6.07) is 16.6. The third-order valence-electron chi connectivity index (χ3n) is 6.47. The minimum absolute atomic E-state index is 0.0508. The van der Waals surface area contributed by atoms with Gasteiger partial charge in [0.2, 0.25) is 0 Å². The molecular weight excluding hydrogens is 440 g/mol. The molecule has 1 atom stereocenters. The van der Waals surface area contributed by atoms with Gasteiger partial charge in [-0.1, -0.05) is 50.2 Å². The first-order valence-electron chi connectivity index (χ1n) is 12.3. The van der Waals surface area contributed by atoms with Crippen molar-refractivity contribution in [3.63, 3.8) is 0 Å². The molecule has 1 unspecified atom stereocenters. The summed E-state index contributed by atoms with van der Waals surface area (Å²) in [5.74, 6) is 0. The fourth-order valence-corrected chi connectivity index (χ4v) is 4.75. The summed E-state index contributed by atoms with van der Waals surface area (Å²) < 4.78 is 0. The first-order valence-corrected chi connectivity index (χ1v) is 12.7. The highest BCUT2D eigenvalue weighted by Gasteiger charge is 2.16. The normalized spacial score (nSPS) is 12.2. The average Bonchev–Trinajstić information content (AvgIpc) is 2.82. The number of thiocarbonyl (C=S) groups is 1. The van der Waals surface area contributed by atoms with Gasteiger partial charge in [0.1, 0.15) is 0 Å². The minimum Gasteiger partial charge on any atom is -0.356 e. The summed E-state index contributed by atoms with van der Waals surface area (Å²) in [5, 5.41) is 5.25. The van der Waals surface area contributed by atoms with E-state index in [1.54, 1.807) is 0 Å². The van der Waals surface area contributed by atoms with E-state index in [0.29, 0.717) is 11.7 Å². The molecule has 0 fully saturated rings. The lowest BCUT2D eigenvalue weighted by molar-refractivity contribution is 0.279. The Morgan fingerprint density at radius 3 is 2.44 bits per heavy atom. The fourth-order valence-electron chi connectivity index (χ4n) is 4.42. The first kappa shape index (κ1) is 25.9. The fraction of sp³-hybridized carbons (Fsp3) is 0.429. The molecule has 0 saturated heterocycles. The molecule has 0 amide bonds. The van der Waals surface area contributed by atoms with E-state index in [1.807, 2.05) is 37.3 Å². The summed E-state index contributed by atoms with van der Waals surface area (Å²) in [6.07, 6.45) is 0.979. The zero-order valence-corrected chi connectivity index (χ0v) is 22.0. The summed E-state index contributed by atoms with van der Waals surface area (Å²) in [4.78, 5) is 20.6. The second-order valence-electron chi connectivity index (χ2n) is 9.05. The number of pyridine rings is 1. The molecule has 182 valence electrons. The average molecular weight is 479 g/mol. The zero-order valence-electron chi connectivity index (χ0n) is 21.1. The van der Waals surface area contributed by atoms with E-state index in [1.165, 1.54) is 11.1 Å². The predicted octanol–water partition coefficient (Wildman–Crippen LogP) is 5.31. The van der Waals surface area contributed by atoms with Gasteiger partial charge in [-0.25, -0.2) is 0 Å². The molecular formula is C28H38N4OS. The quantitative estimate of drug-likeness (QED) is 0.387. The molecule has 3 rings (SSSR count). The molecule has 0 saturated carbocycles. The Balaban J connectivity index is 1.83. The van der Waals surface area contributed by atoms with Crippen molar-refractivity contribution >= 4 is 28.2 Å². The van der Waals surface area contributed by atoms with Gasteiger partial charge in [-0.05, 0) is 87.9 Å². The van der Waals surface area contributed by atoms with Gasteiger partial charge in [-0.15, -0.1) is 0 Å². The largest absolute Gasteiger partial charge is 0.356 e. The third-order valence-corrected chi connectivity index (χ3v) is 6.85. The molecule has 6 heteroatoms. The molecule has 34 heavy (non-hydrogen) atoms. The van der Waals surface area contributed by atoms with Gasteiger partial charge in [-0.3, -0.25) is 4.79 Å². The van der Waals surface area contributed by atoms with E-state index < -0.39 is 0 Å². The van der Waals surface area contributed by atoms with E-state index in [2.05, 4.69) is 66.0 Å². The van der Waals surface area contributed by atoms with Crippen molar-refractivity contribution in [2.75, 3.05) is 26.2 Å². The molecule has 2 N–H and O–H groups in total. The van der Waals surface area contributed by atoms with Crippen molar-refractivity contribution in [3.8, 4) is 0 Å². The third kappa shape index (κ3) is 6.67. The van der Waals surface area contributed by atoms with Crippen molar-refractivity contribution in [2.45, 2.75) is 53.6 Å². The van der Waals surface area contributed by atoms with Crippen molar-refractivity contribution < 1.29 is 0 Å². The number of rotatable bonds is 10. The van der Waals surface area contributed by atoms with E-state index in [9.17, 15) is 4.79 Å². The second kappa shape index (κ2) is 12.1. The van der Waals surface area contributed by atoms with Crippen LogP contribution in [0.4, 0.5) is 0 Å². The van der Waals surface area contributed by atoms with Gasteiger partial charge in [0.05, 0.1) is 12.6 Å². The van der Waals surface area contributed by atoms with Crippen LogP contribution in [-0.4, -0.2) is 46.1 Å². The van der Waals surface area contributed by atoms with Gasteiger partial charge >= 0.3 is 0 Å². The van der Waals surface area contributed by atoms with E-state index in [0.717, 1.165) is 54.6 Å². The Labute approximate surface area is 209 Å². The molecule has 5 nitrogen and oxygen atoms in total. The maximum Gasteiger partial charge on any atom is 0.253 e. The number of aromatic amines is 1. The summed E-state index contributed by atoms with van der Waals surface area (Å²) in [7, 11) is 0. The minimum atomic E-state index is -0.0508. The lowest BCUT2D eigenvalue weighted by Crippen LogP contribution is -2.42. The smallest absolute Gasteiger partial charge is 0.253 e. The molecule has 0 aliphatic rings. The zero-order chi connectivity index (χ0) is 24.7. The molecule has 0 aliphatic carbocycles. The Hall–Kier alpha value is -2.70. The highest BCUT2D eigenvalue weighted by molar-refractivity contribution is 7.80. The van der Waals surface area contributed by atoms with Gasteiger partial charge in [-0.2, -0.15) is 0 Å². The highest BCUT2D eigenvalue weighted by atomic mass is 32.1. The van der Waals surface area contributed by atoms with Gasteiger partial charge in [0.25, 0.3) is 5.56 Å². The lowest BCUT2D eigenvalue weighted by Gasteiger charge is -2.29. The van der Waals surface area contributed by atoms with Crippen molar-refractivity contribution in [3.05, 3.63) is 81.1 Å². The van der Waals surface area contributed by atoms with Crippen LogP contribution in [0.15, 0.2) is 53.3 Å². The summed E-state index contributed by atoms with van der Waals surface area (Å²) in [6.45, 7) is 15.0. The van der Waals surface area contributed by atoms with Crippen LogP contribution in [-0.2, 0) is 6.54 Å². The molecule has 0 radical (unpaired) electrons. The topological polar surface area (TPSA) is 51.4 Å². The van der Waals surface area contributed by atoms with Crippen LogP contribution in [0.2, 0.25) is 0 Å². The van der Waals surface area contributed by atoms with E-state index in [4.69, 9.17) is 12.2 Å². The Bertz CT molecular complexity index is 1150. The maximum atomic E-state index is 13.0. The second-order valence-corrected chi connectivity index (χ2v) is 9.44. The highest BCUT2D eigenvalue weighted by Crippen LogP contribution is 2.19. The molecule has 2 aromatic carbocycles. The molecule has 1 heterocycles. The van der Waals surface area contributed by atoms with Crippen molar-refractivity contribution in [1.82, 2.24) is 20.1 Å². The van der Waals surface area contributed by atoms with Gasteiger partial charge in [0.15, 0.2) is 5.11 Å². The SMILES string of the molecule is CCN(CC)CCCN(Cc1cc2c(C)cc(C)cc2[nH]c1=O)C(=S)NC(C)c1ccccc1. The predicted molar refractivity (Wildman–Crippen MR) is 147 cm³/mol. The van der Waals surface area contributed by atoms with Crippen molar-refractivity contribution in [1.29, 1.82) is 0 Å². The first-order chi connectivity index (χ1) is 16.3. The number of benzene rings is 2. The van der Waals surface area contributed by atoms with Crippen LogP contribution < -0.4 is 10.9 Å². The van der Waals surface area contributed by atoms with E-state index >= 15 is 0 Å². The van der Waals surface area contributed by atoms with Crippen LogP contribution in [0.1, 0.15) is 55.5 Å². The number of nitrogens with zero attached hydrogens (tertiary/aromatic N) is 2. The van der Waals surface area contributed by atoms with Crippen LogP contribution in [0.25, 0.3) is 10.9 Å². The van der Waals surface area contributed by atoms with Gasteiger partial charge in [0, 0.05) is 23.0 Å². The van der Waals surface area contributed by atoms with Crippen LogP contribution in [0.5, 0.6) is 0 Å². The number of aromatic nitrogens is 1. The number of fused-ring (bicyclic) bond motifs is 1. The summed E-state index contributed by atoms with van der Waals surface area (Å²) >= 11 is 5.86. The van der Waals surface area contributed by atoms with Crippen LogP contribution in [0, 0.1) is 13.8 Å². The number of aryl methyl sites for hydroxylation is 2. The maximum absolute atomic E-state index is 13.0. The Morgan fingerprint density at radius 2 is 1.76 bits per heavy atom. The van der Waals surface area contributed by atoms with Crippen LogP contribution >= 0.6 is 12.2 Å². The molecule has 0 bridgehead atoms. The summed E-state index contributed by atoms with van der Waals surface area (Å²) in [5.41, 5.74) is 5.06. The Morgan fingerprint density at radius 1 is 1.06 bits per heavy atom. The van der Waals surface area contributed by atoms with E-state index in [-0.39, 0.29) is 11.6 Å². The van der Waals surface area contributed by atoms with Gasteiger partial charge < -0.3 is 20.1 Å². The lowest BCUT2D eigenvalue weighted by atomic mass is 10.0. The Kier molecular flexibility index (Phi) is 9.25. The number of H-pyrrole nitrogens is 1. The molecule has 3 aromatic rings. The molecule has 1 aromatic heterocycles. The number of nitrogens with one attached hydrogen (secondary N) is 2. The molecule has 0 spiro atoms. The number of hydrogen-bond donors (Lipinski definition) is 2. The van der Waals surface area contributed by atoms with Crippen molar-refractivity contribution in [2.24, 2.45) is 0 Å². The number of hydrogen-bond acceptors (Lipinski definition) is 3. The standard InChI is InChI=1S/C28H38N4OS/c1-6-31(7-2)14-11-15-32(28(34)29-22(5)23-12-9-8-10-13-23)19-24-18-25-21(4)16-20(3)17-26(25)30-27(24)33/h8-10,12-13,16-18,22H,6-7,11,14-15,19H2,1-5H3,(H,29,34)(H,30,33). The van der Waals surface area contributed by atoms with Crippen LogP contribution in [0.3, 0.4) is 0 Å². The monoisotopic (exact) mass is 478 g/mol. The molecule has 0 aliphatic heterocycles.